The molecule has 2 nitrogen and oxygen atoms in total. The van der Waals surface area contributed by atoms with E-state index < -0.39 is 0 Å². The Morgan fingerprint density at radius 2 is 1.33 bits per heavy atom. The van der Waals surface area contributed by atoms with E-state index in [2.05, 4.69) is 39.5 Å². The van der Waals surface area contributed by atoms with Gasteiger partial charge in [0.05, 0.1) is 0 Å². The second-order valence-electron chi connectivity index (χ2n) is 5.64. The van der Waals surface area contributed by atoms with Gasteiger partial charge in [0.2, 0.25) is 0 Å². The Balaban J connectivity index is 0.000000219. The van der Waals surface area contributed by atoms with Gasteiger partial charge < -0.3 is 11.5 Å². The lowest BCUT2D eigenvalue weighted by molar-refractivity contribution is 0.672. The number of benzene rings is 2. The van der Waals surface area contributed by atoms with Gasteiger partial charge in [0.15, 0.2) is 0 Å². The van der Waals surface area contributed by atoms with Crippen LogP contribution in [0.5, 0.6) is 0 Å². The molecule has 0 fully saturated rings. The summed E-state index contributed by atoms with van der Waals surface area (Å²) in [7, 11) is 0. The van der Waals surface area contributed by atoms with Gasteiger partial charge in [-0.2, -0.15) is 0 Å². The fourth-order valence-electron chi connectivity index (χ4n) is 1.78. The third-order valence-electron chi connectivity index (χ3n) is 3.55. The smallest absolute Gasteiger partial charge is 0.0314 e. The molecular weight excluding hydrogens is 256 g/mol. The van der Waals surface area contributed by atoms with Crippen LogP contribution in [0.3, 0.4) is 0 Å². The number of hydrogen-bond donors (Lipinski definition) is 2. The van der Waals surface area contributed by atoms with Crippen LogP contribution in [0.25, 0.3) is 0 Å². The molecule has 0 atom stereocenters. The predicted molar refractivity (Wildman–Crippen MR) is 94.3 cm³/mol. The van der Waals surface area contributed by atoms with Gasteiger partial charge in [-0.05, 0) is 41.8 Å². The third kappa shape index (κ3) is 5.35. The monoisotopic (exact) mass is 282 g/mol. The van der Waals surface area contributed by atoms with Crippen LogP contribution >= 0.6 is 0 Å². The standard InChI is InChI=1S/C11H15N.C8H11N/c1-4-11(2,3)9-5-7-10(12)8-6-9;1-2-7-3-5-8(9)6-4-7/h4-8H,1,12H2,2-3H3;3-6H,2,9H2,1H3. The minimum absolute atomic E-state index is 0.0354. The number of allylic oxidation sites excluding steroid dienone is 1. The Morgan fingerprint density at radius 3 is 1.71 bits per heavy atom. The first-order chi connectivity index (χ1) is 9.89. The normalized spacial score (nSPS) is 10.4. The Bertz CT molecular complexity index is 551. The molecule has 2 rings (SSSR count). The highest BCUT2D eigenvalue weighted by Gasteiger charge is 2.14. The van der Waals surface area contributed by atoms with Crippen LogP contribution in [0.1, 0.15) is 31.9 Å². The highest BCUT2D eigenvalue weighted by atomic mass is 14.5. The number of rotatable bonds is 3. The Morgan fingerprint density at radius 1 is 0.905 bits per heavy atom. The summed E-state index contributed by atoms with van der Waals surface area (Å²) in [6.07, 6.45) is 3.03. The van der Waals surface area contributed by atoms with Crippen molar-refractivity contribution in [2.75, 3.05) is 11.5 Å². The van der Waals surface area contributed by atoms with Crippen LogP contribution in [0.4, 0.5) is 11.4 Å². The van der Waals surface area contributed by atoms with Crippen molar-refractivity contribution in [3.63, 3.8) is 0 Å². The minimum Gasteiger partial charge on any atom is -0.399 e. The number of nitrogens with two attached hydrogens (primary N) is 2. The Hall–Kier alpha value is -2.22. The van der Waals surface area contributed by atoms with Crippen molar-refractivity contribution >= 4 is 11.4 Å². The summed E-state index contributed by atoms with van der Waals surface area (Å²) in [6, 6.07) is 15.9. The maximum atomic E-state index is 5.59. The first kappa shape index (κ1) is 16.8. The molecule has 0 radical (unpaired) electrons. The zero-order valence-electron chi connectivity index (χ0n) is 13.3. The van der Waals surface area contributed by atoms with Crippen molar-refractivity contribution in [1.82, 2.24) is 0 Å². The first-order valence-corrected chi connectivity index (χ1v) is 7.23. The fourth-order valence-corrected chi connectivity index (χ4v) is 1.78. The zero-order valence-corrected chi connectivity index (χ0v) is 13.3. The molecule has 0 saturated heterocycles. The maximum absolute atomic E-state index is 5.59. The van der Waals surface area contributed by atoms with Crippen LogP contribution in [-0.4, -0.2) is 0 Å². The summed E-state index contributed by atoms with van der Waals surface area (Å²) in [5.41, 5.74) is 15.3. The van der Waals surface area contributed by atoms with Gasteiger partial charge >= 0.3 is 0 Å². The van der Waals surface area contributed by atoms with Crippen LogP contribution < -0.4 is 11.5 Å². The third-order valence-corrected chi connectivity index (χ3v) is 3.55. The highest BCUT2D eigenvalue weighted by Crippen LogP contribution is 2.24. The number of hydrogen-bond acceptors (Lipinski definition) is 2. The molecule has 2 aromatic rings. The van der Waals surface area contributed by atoms with Gasteiger partial charge in [0, 0.05) is 16.8 Å². The van der Waals surface area contributed by atoms with Crippen molar-refractivity contribution < 1.29 is 0 Å². The Kier molecular flexibility index (Phi) is 6.04. The van der Waals surface area contributed by atoms with E-state index in [1.165, 1.54) is 11.1 Å². The quantitative estimate of drug-likeness (QED) is 0.640. The molecule has 0 aromatic heterocycles. The van der Waals surface area contributed by atoms with E-state index in [-0.39, 0.29) is 5.41 Å². The average Bonchev–Trinajstić information content (AvgIpc) is 2.49. The van der Waals surface area contributed by atoms with E-state index in [1.54, 1.807) is 0 Å². The zero-order chi connectivity index (χ0) is 15.9. The lowest BCUT2D eigenvalue weighted by Gasteiger charge is -2.20. The van der Waals surface area contributed by atoms with Crippen LogP contribution in [0.15, 0.2) is 61.2 Å². The predicted octanol–water partition coefficient (Wildman–Crippen LogP) is 4.56. The highest BCUT2D eigenvalue weighted by molar-refractivity contribution is 5.42. The summed E-state index contributed by atoms with van der Waals surface area (Å²) in [5, 5.41) is 0. The lowest BCUT2D eigenvalue weighted by atomic mass is 9.85. The summed E-state index contributed by atoms with van der Waals surface area (Å²) in [4.78, 5) is 0. The molecule has 0 amide bonds. The van der Waals surface area contributed by atoms with E-state index in [1.807, 2.05) is 42.5 Å². The van der Waals surface area contributed by atoms with Crippen molar-refractivity contribution in [1.29, 1.82) is 0 Å². The van der Waals surface area contributed by atoms with Crippen LogP contribution in [-0.2, 0) is 11.8 Å². The van der Waals surface area contributed by atoms with Gasteiger partial charge in [-0.3, -0.25) is 0 Å². The van der Waals surface area contributed by atoms with Crippen molar-refractivity contribution in [2.24, 2.45) is 0 Å². The van der Waals surface area contributed by atoms with Crippen molar-refractivity contribution in [2.45, 2.75) is 32.6 Å². The number of anilines is 2. The second kappa shape index (κ2) is 7.53. The van der Waals surface area contributed by atoms with E-state index in [4.69, 9.17) is 11.5 Å². The summed E-state index contributed by atoms with van der Waals surface area (Å²) < 4.78 is 0. The second-order valence-corrected chi connectivity index (χ2v) is 5.64. The van der Waals surface area contributed by atoms with E-state index >= 15 is 0 Å². The molecule has 0 unspecified atom stereocenters. The molecule has 0 aliphatic heterocycles. The SMILES string of the molecule is C=CC(C)(C)c1ccc(N)cc1.CCc1ccc(N)cc1. The van der Waals surface area contributed by atoms with E-state index in [0.29, 0.717) is 0 Å². The fraction of sp³-hybridized carbons (Fsp3) is 0.263. The van der Waals surface area contributed by atoms with Gasteiger partial charge in [-0.25, -0.2) is 0 Å². The lowest BCUT2D eigenvalue weighted by Crippen LogP contribution is -2.12. The molecule has 4 N–H and O–H groups in total. The summed E-state index contributed by atoms with van der Waals surface area (Å²) in [5.74, 6) is 0. The molecule has 21 heavy (non-hydrogen) atoms. The van der Waals surface area contributed by atoms with Gasteiger partial charge in [0.25, 0.3) is 0 Å². The van der Waals surface area contributed by atoms with E-state index in [9.17, 15) is 0 Å². The molecular formula is C19H26N2. The summed E-state index contributed by atoms with van der Waals surface area (Å²) >= 11 is 0. The molecule has 0 bridgehead atoms. The topological polar surface area (TPSA) is 52.0 Å². The molecule has 112 valence electrons. The first-order valence-electron chi connectivity index (χ1n) is 7.23. The van der Waals surface area contributed by atoms with Gasteiger partial charge in [0.1, 0.15) is 0 Å². The van der Waals surface area contributed by atoms with Crippen molar-refractivity contribution in [3.05, 3.63) is 72.3 Å². The maximum Gasteiger partial charge on any atom is 0.0314 e. The molecule has 0 spiro atoms. The van der Waals surface area contributed by atoms with Crippen molar-refractivity contribution in [3.8, 4) is 0 Å². The molecule has 0 aliphatic rings. The number of aryl methyl sites for hydroxylation is 1. The molecule has 0 heterocycles. The number of nitrogen functional groups attached to an aromatic ring is 2. The molecule has 2 heteroatoms. The van der Waals surface area contributed by atoms with Crippen LogP contribution in [0, 0.1) is 0 Å². The van der Waals surface area contributed by atoms with Crippen LogP contribution in [0.2, 0.25) is 0 Å². The minimum atomic E-state index is 0.0354. The van der Waals surface area contributed by atoms with E-state index in [0.717, 1.165) is 17.8 Å². The van der Waals surface area contributed by atoms with Gasteiger partial charge in [-0.1, -0.05) is 51.1 Å². The molecule has 2 aromatic carbocycles. The Labute approximate surface area is 128 Å². The summed E-state index contributed by atoms with van der Waals surface area (Å²) in [6.45, 7) is 10.2. The molecule has 0 saturated carbocycles. The largest absolute Gasteiger partial charge is 0.399 e. The average molecular weight is 282 g/mol. The van der Waals surface area contributed by atoms with Gasteiger partial charge in [-0.15, -0.1) is 6.58 Å². The molecule has 0 aliphatic carbocycles.